The summed E-state index contributed by atoms with van der Waals surface area (Å²) in [6.07, 6.45) is 0.115. The van der Waals surface area contributed by atoms with Gasteiger partial charge in [0.1, 0.15) is 23.4 Å². The van der Waals surface area contributed by atoms with Crippen molar-refractivity contribution in [2.75, 3.05) is 12.4 Å². The number of aryl methyl sites for hydroxylation is 1. The Bertz CT molecular complexity index is 1120. The minimum Gasteiger partial charge on any atom is -0.497 e. The van der Waals surface area contributed by atoms with Crippen molar-refractivity contribution >= 4 is 23.6 Å². The Kier molecular flexibility index (Phi) is 9.07. The predicted octanol–water partition coefficient (Wildman–Crippen LogP) is 5.47. The summed E-state index contributed by atoms with van der Waals surface area (Å²) in [5.74, 6) is 0.0431. The molecular formula is C30H41N3O5. The van der Waals surface area contributed by atoms with Crippen molar-refractivity contribution in [2.24, 2.45) is 11.8 Å². The summed E-state index contributed by atoms with van der Waals surface area (Å²) in [4.78, 5) is 42.4. The smallest absolute Gasteiger partial charge is 0.408 e. The first-order chi connectivity index (χ1) is 17.8. The van der Waals surface area contributed by atoms with E-state index in [1.165, 1.54) is 0 Å². The highest BCUT2D eigenvalue weighted by atomic mass is 16.6. The number of carbonyl (C=O) groups is 3. The first-order valence-corrected chi connectivity index (χ1v) is 13.1. The molecule has 2 N–H and O–H groups in total. The number of rotatable bonds is 9. The molecule has 1 aliphatic carbocycles. The molecule has 8 heteroatoms. The van der Waals surface area contributed by atoms with Crippen LogP contribution in [0.4, 0.5) is 10.5 Å². The van der Waals surface area contributed by atoms with Crippen LogP contribution in [-0.4, -0.2) is 47.6 Å². The zero-order valence-electron chi connectivity index (χ0n) is 23.7. The lowest BCUT2D eigenvalue weighted by atomic mass is 9.98. The fourth-order valence-electron chi connectivity index (χ4n) is 4.35. The van der Waals surface area contributed by atoms with Crippen molar-refractivity contribution < 1.29 is 23.9 Å². The Hall–Kier alpha value is -3.55. The maximum absolute atomic E-state index is 14.2. The number of nitrogens with one attached hydrogen (secondary N) is 2. The molecule has 1 saturated carbocycles. The topological polar surface area (TPSA) is 97.0 Å². The standard InChI is InChI=1S/C30H41N3O5/c1-18(2)25(32-29(36)38-30(5,6)7)28(35)33(24-17-20(24)4)26(21-11-9-19(3)10-12-21)27(34)31-22-13-15-23(37-8)16-14-22/h9-16,18,20,24-26H,17H2,1-8H3,(H,31,34)(H,32,36). The van der Waals surface area contributed by atoms with E-state index in [0.29, 0.717) is 17.0 Å². The number of hydrogen-bond acceptors (Lipinski definition) is 5. The highest BCUT2D eigenvalue weighted by Gasteiger charge is 2.48. The molecule has 0 aliphatic heterocycles. The van der Waals surface area contributed by atoms with Crippen LogP contribution in [0.3, 0.4) is 0 Å². The second-order valence-corrected chi connectivity index (χ2v) is 11.4. The van der Waals surface area contributed by atoms with E-state index >= 15 is 0 Å². The van der Waals surface area contributed by atoms with Crippen molar-refractivity contribution in [3.05, 3.63) is 59.7 Å². The number of anilines is 1. The molecular weight excluding hydrogens is 482 g/mol. The highest BCUT2D eigenvalue weighted by molar-refractivity contribution is 5.99. The molecule has 1 fully saturated rings. The van der Waals surface area contributed by atoms with Crippen LogP contribution < -0.4 is 15.4 Å². The molecule has 0 radical (unpaired) electrons. The zero-order chi connectivity index (χ0) is 28.2. The summed E-state index contributed by atoms with van der Waals surface area (Å²) < 4.78 is 10.7. The van der Waals surface area contributed by atoms with Gasteiger partial charge in [0.05, 0.1) is 7.11 Å². The number of amides is 3. The van der Waals surface area contributed by atoms with E-state index in [9.17, 15) is 14.4 Å². The Morgan fingerprint density at radius 3 is 2.05 bits per heavy atom. The third kappa shape index (κ3) is 7.49. The van der Waals surface area contributed by atoms with Crippen LogP contribution in [0, 0.1) is 18.8 Å². The van der Waals surface area contributed by atoms with E-state index in [4.69, 9.17) is 9.47 Å². The molecule has 3 rings (SSSR count). The molecule has 206 valence electrons. The summed E-state index contributed by atoms with van der Waals surface area (Å²) in [7, 11) is 1.58. The van der Waals surface area contributed by atoms with Gasteiger partial charge in [-0.15, -0.1) is 0 Å². The molecule has 0 spiro atoms. The fraction of sp³-hybridized carbons (Fsp3) is 0.500. The molecule has 4 atom stereocenters. The Labute approximate surface area is 226 Å². The van der Waals surface area contributed by atoms with Crippen LogP contribution >= 0.6 is 0 Å². The summed E-state index contributed by atoms with van der Waals surface area (Å²) in [5, 5.41) is 5.75. The van der Waals surface area contributed by atoms with Crippen LogP contribution in [0.15, 0.2) is 48.5 Å². The largest absolute Gasteiger partial charge is 0.497 e. The third-order valence-electron chi connectivity index (χ3n) is 6.56. The minimum atomic E-state index is -0.887. The molecule has 4 unspecified atom stereocenters. The summed E-state index contributed by atoms with van der Waals surface area (Å²) in [6, 6.07) is 12.8. The van der Waals surface area contributed by atoms with Gasteiger partial charge in [-0.1, -0.05) is 50.6 Å². The van der Waals surface area contributed by atoms with Crippen molar-refractivity contribution in [3.8, 4) is 5.75 Å². The minimum absolute atomic E-state index is 0.128. The average molecular weight is 524 g/mol. The average Bonchev–Trinajstić information content (AvgIpc) is 3.56. The number of carbonyl (C=O) groups excluding carboxylic acids is 3. The van der Waals surface area contributed by atoms with Crippen LogP contribution in [0.1, 0.15) is 65.1 Å². The molecule has 2 aromatic rings. The summed E-state index contributed by atoms with van der Waals surface area (Å²) in [6.45, 7) is 13.1. The molecule has 3 amide bonds. The van der Waals surface area contributed by atoms with Crippen molar-refractivity contribution in [3.63, 3.8) is 0 Å². The Morgan fingerprint density at radius 1 is 1.00 bits per heavy atom. The van der Waals surface area contributed by atoms with Gasteiger partial charge in [0.2, 0.25) is 5.91 Å². The molecule has 8 nitrogen and oxygen atoms in total. The van der Waals surface area contributed by atoms with Gasteiger partial charge < -0.3 is 25.0 Å². The second kappa shape index (κ2) is 11.9. The first-order valence-electron chi connectivity index (χ1n) is 13.1. The number of nitrogens with zero attached hydrogens (tertiary/aromatic N) is 1. The molecule has 0 heterocycles. The fourth-order valence-corrected chi connectivity index (χ4v) is 4.35. The molecule has 0 aromatic heterocycles. The lowest BCUT2D eigenvalue weighted by molar-refractivity contribution is -0.142. The van der Waals surface area contributed by atoms with Crippen LogP contribution in [-0.2, 0) is 14.3 Å². The van der Waals surface area contributed by atoms with Gasteiger partial charge in [0, 0.05) is 11.7 Å². The Morgan fingerprint density at radius 2 is 1.58 bits per heavy atom. The Balaban J connectivity index is 1.99. The van der Waals surface area contributed by atoms with Crippen molar-refractivity contribution in [2.45, 2.75) is 78.6 Å². The molecule has 1 aliphatic rings. The summed E-state index contributed by atoms with van der Waals surface area (Å²) in [5.41, 5.74) is 1.64. The van der Waals surface area contributed by atoms with E-state index in [1.54, 1.807) is 57.0 Å². The van der Waals surface area contributed by atoms with Gasteiger partial charge in [-0.2, -0.15) is 0 Å². The maximum Gasteiger partial charge on any atom is 0.408 e. The number of ether oxygens (including phenoxy) is 2. The van der Waals surface area contributed by atoms with Gasteiger partial charge in [0.15, 0.2) is 0 Å². The highest BCUT2D eigenvalue weighted by Crippen LogP contribution is 2.41. The number of methoxy groups -OCH3 is 1. The monoisotopic (exact) mass is 523 g/mol. The van der Waals surface area contributed by atoms with E-state index < -0.39 is 23.8 Å². The van der Waals surface area contributed by atoms with Crippen molar-refractivity contribution in [1.82, 2.24) is 10.2 Å². The van der Waals surface area contributed by atoms with Crippen LogP contribution in [0.25, 0.3) is 0 Å². The first kappa shape index (κ1) is 29.0. The van der Waals surface area contributed by atoms with Gasteiger partial charge in [-0.25, -0.2) is 4.79 Å². The van der Waals surface area contributed by atoms with E-state index in [0.717, 1.165) is 12.0 Å². The van der Waals surface area contributed by atoms with Gasteiger partial charge in [-0.3, -0.25) is 9.59 Å². The molecule has 38 heavy (non-hydrogen) atoms. The van der Waals surface area contributed by atoms with Gasteiger partial charge in [-0.05, 0) is 75.8 Å². The van der Waals surface area contributed by atoms with E-state index in [-0.39, 0.29) is 29.7 Å². The lowest BCUT2D eigenvalue weighted by Gasteiger charge is -2.36. The molecule has 0 bridgehead atoms. The second-order valence-electron chi connectivity index (χ2n) is 11.4. The molecule has 2 aromatic carbocycles. The van der Waals surface area contributed by atoms with Gasteiger partial charge in [0.25, 0.3) is 5.91 Å². The van der Waals surface area contributed by atoms with Crippen LogP contribution in [0.5, 0.6) is 5.75 Å². The van der Waals surface area contributed by atoms with Crippen molar-refractivity contribution in [1.29, 1.82) is 0 Å². The lowest BCUT2D eigenvalue weighted by Crippen LogP contribution is -2.55. The summed E-state index contributed by atoms with van der Waals surface area (Å²) >= 11 is 0. The normalized spacial score (nSPS) is 18.2. The number of alkyl carbamates (subject to hydrolysis) is 1. The molecule has 0 saturated heterocycles. The van der Waals surface area contributed by atoms with E-state index in [1.807, 2.05) is 45.0 Å². The zero-order valence-corrected chi connectivity index (χ0v) is 23.7. The van der Waals surface area contributed by atoms with E-state index in [2.05, 4.69) is 17.6 Å². The quantitative estimate of drug-likeness (QED) is 0.454. The number of hydrogen-bond donors (Lipinski definition) is 2. The maximum atomic E-state index is 14.2. The van der Waals surface area contributed by atoms with Gasteiger partial charge >= 0.3 is 6.09 Å². The predicted molar refractivity (Wildman–Crippen MR) is 148 cm³/mol. The SMILES string of the molecule is COc1ccc(NC(=O)C(c2ccc(C)cc2)N(C(=O)C(NC(=O)OC(C)(C)C)C(C)C)C2CC2C)cc1. The number of benzene rings is 2. The van der Waals surface area contributed by atoms with Crippen LogP contribution in [0.2, 0.25) is 0 Å². The third-order valence-corrected chi connectivity index (χ3v) is 6.56.